The zero-order valence-electron chi connectivity index (χ0n) is 13.1. The van der Waals surface area contributed by atoms with Gasteiger partial charge in [0.1, 0.15) is 28.9 Å². The molecule has 1 aromatic carbocycles. The molecule has 3 rings (SSSR count). The van der Waals surface area contributed by atoms with Crippen LogP contribution in [0.4, 0.5) is 0 Å². The molecule has 1 fully saturated rings. The summed E-state index contributed by atoms with van der Waals surface area (Å²) < 4.78 is 10.8. The van der Waals surface area contributed by atoms with E-state index in [0.29, 0.717) is 28.9 Å². The minimum Gasteiger partial charge on any atom is -0.497 e. The second kappa shape index (κ2) is 6.13. The molecule has 0 spiro atoms. The van der Waals surface area contributed by atoms with Crippen LogP contribution in [0.5, 0.6) is 5.75 Å². The fourth-order valence-electron chi connectivity index (χ4n) is 2.57. The topological polar surface area (TPSA) is 63.2 Å². The number of hydrogen-bond acceptors (Lipinski definition) is 4. The number of ketones is 1. The first-order valence-corrected chi connectivity index (χ1v) is 7.52. The second-order valence-electron chi connectivity index (χ2n) is 5.79. The smallest absolute Gasteiger partial charge is 0.203 e. The number of nitriles is 1. The summed E-state index contributed by atoms with van der Waals surface area (Å²) in [6.07, 6.45) is 2.63. The van der Waals surface area contributed by atoms with Crippen molar-refractivity contribution in [3.8, 4) is 11.8 Å². The lowest BCUT2D eigenvalue weighted by atomic mass is 10.0. The predicted molar refractivity (Wildman–Crippen MR) is 86.1 cm³/mol. The van der Waals surface area contributed by atoms with Gasteiger partial charge >= 0.3 is 0 Å². The van der Waals surface area contributed by atoms with Gasteiger partial charge < -0.3 is 9.15 Å². The van der Waals surface area contributed by atoms with E-state index < -0.39 is 0 Å². The third-order valence-corrected chi connectivity index (χ3v) is 4.11. The average Bonchev–Trinajstić information content (AvgIpc) is 3.13. The molecule has 0 radical (unpaired) electrons. The zero-order valence-corrected chi connectivity index (χ0v) is 13.1. The number of furan rings is 1. The van der Waals surface area contributed by atoms with Crippen molar-refractivity contribution in [2.24, 2.45) is 5.92 Å². The summed E-state index contributed by atoms with van der Waals surface area (Å²) >= 11 is 0. The molecule has 1 aromatic heterocycles. The maximum absolute atomic E-state index is 12.5. The lowest BCUT2D eigenvalue weighted by molar-refractivity contribution is 0.103. The standard InChI is InChI=1S/C19H17NO3/c1-12-8-17(12)18-7-6-16(23-18)10-14(11-20)19(21)13-4-3-5-15(9-13)22-2/h3-7,9-10,12,17H,8H2,1-2H3/b14-10+/t12-,17+/m0/s1. The summed E-state index contributed by atoms with van der Waals surface area (Å²) in [6.45, 7) is 2.18. The van der Waals surface area contributed by atoms with Gasteiger partial charge in [-0.25, -0.2) is 0 Å². The van der Waals surface area contributed by atoms with Crippen LogP contribution in [0.25, 0.3) is 6.08 Å². The van der Waals surface area contributed by atoms with Gasteiger partial charge in [0, 0.05) is 17.6 Å². The number of methoxy groups -OCH3 is 1. The summed E-state index contributed by atoms with van der Waals surface area (Å²) in [5, 5.41) is 9.30. The highest BCUT2D eigenvalue weighted by Crippen LogP contribution is 2.47. The van der Waals surface area contributed by atoms with Gasteiger partial charge in [0.15, 0.2) is 0 Å². The Morgan fingerprint density at radius 3 is 2.83 bits per heavy atom. The molecule has 0 aliphatic heterocycles. The Balaban J connectivity index is 1.85. The number of allylic oxidation sites excluding steroid dienone is 1. The van der Waals surface area contributed by atoms with Gasteiger partial charge in [-0.15, -0.1) is 0 Å². The Morgan fingerprint density at radius 2 is 2.17 bits per heavy atom. The van der Waals surface area contributed by atoms with Crippen LogP contribution < -0.4 is 4.74 Å². The highest BCUT2D eigenvalue weighted by molar-refractivity contribution is 6.14. The molecular weight excluding hydrogens is 290 g/mol. The molecule has 2 aromatic rings. The summed E-state index contributed by atoms with van der Waals surface area (Å²) in [5.41, 5.74) is 0.461. The Labute approximate surface area is 135 Å². The van der Waals surface area contributed by atoms with Crippen LogP contribution in [0.3, 0.4) is 0 Å². The molecule has 0 N–H and O–H groups in total. The molecule has 2 atom stereocenters. The lowest BCUT2D eigenvalue weighted by Gasteiger charge is -2.02. The SMILES string of the molecule is COc1cccc(C(=O)/C(C#N)=C/c2ccc([C@@H]3C[C@@H]3C)o2)c1. The van der Waals surface area contributed by atoms with Crippen molar-refractivity contribution in [3.63, 3.8) is 0 Å². The number of Topliss-reactive ketones (excluding diaryl/α,β-unsaturated/α-hetero) is 1. The highest BCUT2D eigenvalue weighted by Gasteiger charge is 2.36. The minimum atomic E-state index is -0.343. The van der Waals surface area contributed by atoms with Gasteiger partial charge in [0.2, 0.25) is 5.78 Å². The number of nitrogens with zero attached hydrogens (tertiary/aromatic N) is 1. The van der Waals surface area contributed by atoms with Crippen molar-refractivity contribution in [2.75, 3.05) is 7.11 Å². The summed E-state index contributed by atoms with van der Waals surface area (Å²) in [6, 6.07) is 12.4. The molecular formula is C19H17NO3. The molecule has 1 aliphatic rings. The predicted octanol–water partition coefficient (Wildman–Crippen LogP) is 4.20. The van der Waals surface area contributed by atoms with E-state index in [1.165, 1.54) is 13.2 Å². The van der Waals surface area contributed by atoms with Crippen LogP contribution in [-0.2, 0) is 0 Å². The van der Waals surface area contributed by atoms with Crippen molar-refractivity contribution >= 4 is 11.9 Å². The van der Waals surface area contributed by atoms with E-state index in [4.69, 9.17) is 9.15 Å². The second-order valence-corrected chi connectivity index (χ2v) is 5.79. The molecule has 4 heteroatoms. The number of carbonyl (C=O) groups excluding carboxylic acids is 1. The van der Waals surface area contributed by atoms with Gasteiger partial charge in [-0.3, -0.25) is 4.79 Å². The fourth-order valence-corrected chi connectivity index (χ4v) is 2.57. The van der Waals surface area contributed by atoms with E-state index in [1.54, 1.807) is 30.3 Å². The highest BCUT2D eigenvalue weighted by atomic mass is 16.5. The monoisotopic (exact) mass is 307 g/mol. The molecule has 0 bridgehead atoms. The Kier molecular flexibility index (Phi) is 4.03. The maximum Gasteiger partial charge on any atom is 0.203 e. The van der Waals surface area contributed by atoms with Crippen molar-refractivity contribution in [1.82, 2.24) is 0 Å². The number of rotatable bonds is 5. The summed E-state index contributed by atoms with van der Waals surface area (Å²) in [4.78, 5) is 12.5. The lowest BCUT2D eigenvalue weighted by Crippen LogP contribution is -2.02. The molecule has 1 heterocycles. The zero-order chi connectivity index (χ0) is 16.4. The van der Waals surface area contributed by atoms with Crippen LogP contribution >= 0.6 is 0 Å². The fraction of sp³-hybridized carbons (Fsp3) is 0.263. The molecule has 0 saturated heterocycles. The molecule has 4 nitrogen and oxygen atoms in total. The molecule has 1 saturated carbocycles. The number of carbonyl (C=O) groups is 1. The van der Waals surface area contributed by atoms with Gasteiger partial charge in [0.05, 0.1) is 7.11 Å². The number of ether oxygens (including phenoxy) is 1. The average molecular weight is 307 g/mol. The van der Waals surface area contributed by atoms with Gasteiger partial charge in [-0.05, 0) is 36.6 Å². The van der Waals surface area contributed by atoms with Crippen molar-refractivity contribution < 1.29 is 13.9 Å². The first kappa shape index (κ1) is 15.1. The number of benzene rings is 1. The van der Waals surface area contributed by atoms with E-state index >= 15 is 0 Å². The molecule has 0 unspecified atom stereocenters. The molecule has 116 valence electrons. The van der Waals surface area contributed by atoms with Gasteiger partial charge in [-0.2, -0.15) is 5.26 Å². The van der Waals surface area contributed by atoms with Crippen molar-refractivity contribution in [3.05, 3.63) is 59.1 Å². The first-order chi connectivity index (χ1) is 11.1. The van der Waals surface area contributed by atoms with Gasteiger partial charge in [-0.1, -0.05) is 19.1 Å². The van der Waals surface area contributed by atoms with Crippen molar-refractivity contribution in [2.45, 2.75) is 19.3 Å². The van der Waals surface area contributed by atoms with Gasteiger partial charge in [0.25, 0.3) is 0 Å². The van der Waals surface area contributed by atoms with Crippen LogP contribution in [0.2, 0.25) is 0 Å². The van der Waals surface area contributed by atoms with E-state index in [0.717, 1.165) is 12.2 Å². The Morgan fingerprint density at radius 1 is 1.39 bits per heavy atom. The van der Waals surface area contributed by atoms with E-state index in [1.807, 2.05) is 12.1 Å². The normalized spacial score (nSPS) is 20.0. The Bertz CT molecular complexity index is 810. The van der Waals surface area contributed by atoms with E-state index in [-0.39, 0.29) is 11.4 Å². The minimum absolute atomic E-state index is 0.0444. The maximum atomic E-state index is 12.5. The molecule has 0 amide bonds. The molecule has 23 heavy (non-hydrogen) atoms. The van der Waals surface area contributed by atoms with E-state index in [9.17, 15) is 10.1 Å². The number of hydrogen-bond donors (Lipinski definition) is 0. The van der Waals surface area contributed by atoms with Crippen molar-refractivity contribution in [1.29, 1.82) is 5.26 Å². The first-order valence-electron chi connectivity index (χ1n) is 7.52. The van der Waals surface area contributed by atoms with E-state index in [2.05, 4.69) is 6.92 Å². The molecule has 1 aliphatic carbocycles. The summed E-state index contributed by atoms with van der Waals surface area (Å²) in [5.74, 6) is 2.81. The largest absolute Gasteiger partial charge is 0.497 e. The van der Waals surface area contributed by atoms with Crippen LogP contribution in [0, 0.1) is 17.2 Å². The Hall–Kier alpha value is -2.80. The third kappa shape index (κ3) is 3.19. The van der Waals surface area contributed by atoms with Crippen LogP contribution in [0.15, 0.2) is 46.4 Å². The quantitative estimate of drug-likeness (QED) is 0.472. The van der Waals surface area contributed by atoms with Crippen LogP contribution in [0.1, 0.15) is 41.1 Å². The summed E-state index contributed by atoms with van der Waals surface area (Å²) in [7, 11) is 1.54. The third-order valence-electron chi connectivity index (χ3n) is 4.11. The van der Waals surface area contributed by atoms with Crippen LogP contribution in [-0.4, -0.2) is 12.9 Å².